The molecule has 0 saturated carbocycles. The average Bonchev–Trinajstić information content (AvgIpc) is 2.39. The van der Waals surface area contributed by atoms with Crippen LogP contribution in [-0.4, -0.2) is 21.2 Å². The zero-order valence-corrected chi connectivity index (χ0v) is 12.4. The minimum absolute atomic E-state index is 0.883. The van der Waals surface area contributed by atoms with Crippen LogP contribution in [-0.2, 0) is 0 Å². The largest absolute Gasteiger partial charge is 0.496 e. The first kappa shape index (κ1) is 13.0. The van der Waals surface area contributed by atoms with Gasteiger partial charge in [0.25, 0.3) is 0 Å². The SMILES string of the molecule is COc1ccc(Br)cc1-c1cccc(N(C)C)c1. The predicted molar refractivity (Wildman–Crippen MR) is 80.5 cm³/mol. The molecule has 0 atom stereocenters. The van der Waals surface area contributed by atoms with Crippen molar-refractivity contribution >= 4 is 21.6 Å². The molecule has 0 saturated heterocycles. The van der Waals surface area contributed by atoms with Crippen molar-refractivity contribution in [2.45, 2.75) is 0 Å². The Balaban J connectivity index is 2.54. The van der Waals surface area contributed by atoms with Crippen LogP contribution in [0.4, 0.5) is 5.69 Å². The highest BCUT2D eigenvalue weighted by Crippen LogP contribution is 2.34. The Hall–Kier alpha value is -1.48. The van der Waals surface area contributed by atoms with Gasteiger partial charge >= 0.3 is 0 Å². The van der Waals surface area contributed by atoms with E-state index in [4.69, 9.17) is 4.74 Å². The van der Waals surface area contributed by atoms with E-state index in [1.807, 2.05) is 26.2 Å². The number of anilines is 1. The molecule has 2 nitrogen and oxygen atoms in total. The van der Waals surface area contributed by atoms with Crippen molar-refractivity contribution < 1.29 is 4.74 Å². The van der Waals surface area contributed by atoms with Crippen LogP contribution in [0.1, 0.15) is 0 Å². The smallest absolute Gasteiger partial charge is 0.126 e. The van der Waals surface area contributed by atoms with Crippen molar-refractivity contribution in [3.05, 3.63) is 46.9 Å². The first-order chi connectivity index (χ1) is 8.61. The molecular formula is C15H16BrNO. The van der Waals surface area contributed by atoms with E-state index >= 15 is 0 Å². The Kier molecular flexibility index (Phi) is 3.92. The van der Waals surface area contributed by atoms with E-state index in [1.54, 1.807) is 7.11 Å². The average molecular weight is 306 g/mol. The van der Waals surface area contributed by atoms with Gasteiger partial charge in [0.2, 0.25) is 0 Å². The molecule has 0 aliphatic carbocycles. The molecule has 2 rings (SSSR count). The molecule has 0 aliphatic rings. The highest BCUT2D eigenvalue weighted by atomic mass is 79.9. The lowest BCUT2D eigenvalue weighted by molar-refractivity contribution is 0.416. The topological polar surface area (TPSA) is 12.5 Å². The quantitative estimate of drug-likeness (QED) is 0.843. The molecule has 0 amide bonds. The maximum Gasteiger partial charge on any atom is 0.126 e. The highest BCUT2D eigenvalue weighted by molar-refractivity contribution is 9.10. The van der Waals surface area contributed by atoms with E-state index in [0.717, 1.165) is 21.3 Å². The van der Waals surface area contributed by atoms with Crippen LogP contribution in [0.5, 0.6) is 5.75 Å². The maximum atomic E-state index is 5.42. The Labute approximate surface area is 116 Å². The summed E-state index contributed by atoms with van der Waals surface area (Å²) in [6.45, 7) is 0. The fraction of sp³-hybridized carbons (Fsp3) is 0.200. The summed E-state index contributed by atoms with van der Waals surface area (Å²) in [7, 11) is 5.77. The van der Waals surface area contributed by atoms with Crippen LogP contribution in [0.25, 0.3) is 11.1 Å². The monoisotopic (exact) mass is 305 g/mol. The molecule has 94 valence electrons. The third kappa shape index (κ3) is 2.67. The minimum Gasteiger partial charge on any atom is -0.496 e. The fourth-order valence-electron chi connectivity index (χ4n) is 1.86. The Bertz CT molecular complexity index is 552. The summed E-state index contributed by atoms with van der Waals surface area (Å²) in [4.78, 5) is 2.09. The number of methoxy groups -OCH3 is 1. The summed E-state index contributed by atoms with van der Waals surface area (Å²) in [5, 5.41) is 0. The van der Waals surface area contributed by atoms with E-state index in [9.17, 15) is 0 Å². The Morgan fingerprint density at radius 2 is 1.83 bits per heavy atom. The van der Waals surface area contributed by atoms with Gasteiger partial charge in [0.05, 0.1) is 7.11 Å². The second-order valence-corrected chi connectivity index (χ2v) is 5.21. The van der Waals surface area contributed by atoms with E-state index < -0.39 is 0 Å². The molecule has 0 spiro atoms. The fourth-order valence-corrected chi connectivity index (χ4v) is 2.22. The molecule has 0 aliphatic heterocycles. The molecule has 0 aromatic heterocycles. The second kappa shape index (κ2) is 5.44. The molecule has 0 unspecified atom stereocenters. The van der Waals surface area contributed by atoms with Crippen molar-refractivity contribution in [1.29, 1.82) is 0 Å². The number of nitrogens with zero attached hydrogens (tertiary/aromatic N) is 1. The van der Waals surface area contributed by atoms with Crippen LogP contribution < -0.4 is 9.64 Å². The zero-order chi connectivity index (χ0) is 13.1. The molecule has 2 aromatic carbocycles. The summed E-state index contributed by atoms with van der Waals surface area (Å²) in [6, 6.07) is 14.4. The van der Waals surface area contributed by atoms with Gasteiger partial charge in [-0.05, 0) is 35.9 Å². The molecule has 0 N–H and O–H groups in total. The second-order valence-electron chi connectivity index (χ2n) is 4.29. The van der Waals surface area contributed by atoms with Gasteiger partial charge in [-0.1, -0.05) is 28.1 Å². The van der Waals surface area contributed by atoms with E-state index in [0.29, 0.717) is 0 Å². The summed E-state index contributed by atoms with van der Waals surface area (Å²) in [5.41, 5.74) is 3.42. The molecule has 0 bridgehead atoms. The van der Waals surface area contributed by atoms with Gasteiger partial charge in [0, 0.05) is 29.8 Å². The Morgan fingerprint density at radius 3 is 2.50 bits per heavy atom. The number of benzene rings is 2. The zero-order valence-electron chi connectivity index (χ0n) is 10.8. The number of rotatable bonds is 3. The minimum atomic E-state index is 0.883. The lowest BCUT2D eigenvalue weighted by atomic mass is 10.0. The summed E-state index contributed by atoms with van der Waals surface area (Å²) < 4.78 is 6.47. The lowest BCUT2D eigenvalue weighted by Crippen LogP contribution is -2.08. The summed E-state index contributed by atoms with van der Waals surface area (Å²) in [5.74, 6) is 0.883. The van der Waals surface area contributed by atoms with Gasteiger partial charge in [0.15, 0.2) is 0 Å². The van der Waals surface area contributed by atoms with Gasteiger partial charge in [0.1, 0.15) is 5.75 Å². The Morgan fingerprint density at radius 1 is 1.06 bits per heavy atom. The molecule has 3 heteroatoms. The predicted octanol–water partition coefficient (Wildman–Crippen LogP) is 4.19. The molecule has 0 radical (unpaired) electrons. The molecular weight excluding hydrogens is 290 g/mol. The third-order valence-corrected chi connectivity index (χ3v) is 3.33. The van der Waals surface area contributed by atoms with Gasteiger partial charge < -0.3 is 9.64 Å². The number of ether oxygens (including phenoxy) is 1. The van der Waals surface area contributed by atoms with Gasteiger partial charge in [-0.2, -0.15) is 0 Å². The normalized spacial score (nSPS) is 10.2. The molecule has 0 heterocycles. The maximum absolute atomic E-state index is 5.42. The van der Waals surface area contributed by atoms with Crippen LogP contribution in [0, 0.1) is 0 Å². The summed E-state index contributed by atoms with van der Waals surface area (Å²) >= 11 is 3.50. The van der Waals surface area contributed by atoms with Crippen molar-refractivity contribution in [3.63, 3.8) is 0 Å². The highest BCUT2D eigenvalue weighted by Gasteiger charge is 2.07. The molecule has 18 heavy (non-hydrogen) atoms. The van der Waals surface area contributed by atoms with Gasteiger partial charge in [-0.15, -0.1) is 0 Å². The standard InChI is InChI=1S/C15H16BrNO/c1-17(2)13-6-4-5-11(9-13)14-10-12(16)7-8-15(14)18-3/h4-10H,1-3H3. The van der Waals surface area contributed by atoms with Crippen LogP contribution in [0.2, 0.25) is 0 Å². The first-order valence-corrected chi connectivity index (χ1v) is 6.52. The van der Waals surface area contributed by atoms with E-state index in [1.165, 1.54) is 5.69 Å². The summed E-state index contributed by atoms with van der Waals surface area (Å²) in [6.07, 6.45) is 0. The van der Waals surface area contributed by atoms with Crippen molar-refractivity contribution in [1.82, 2.24) is 0 Å². The van der Waals surface area contributed by atoms with Gasteiger partial charge in [-0.3, -0.25) is 0 Å². The van der Waals surface area contributed by atoms with Crippen LogP contribution in [0.3, 0.4) is 0 Å². The van der Waals surface area contributed by atoms with Crippen LogP contribution in [0.15, 0.2) is 46.9 Å². The van der Waals surface area contributed by atoms with Crippen LogP contribution >= 0.6 is 15.9 Å². The molecule has 2 aromatic rings. The van der Waals surface area contributed by atoms with Crippen molar-refractivity contribution in [2.75, 3.05) is 26.1 Å². The van der Waals surface area contributed by atoms with Gasteiger partial charge in [-0.25, -0.2) is 0 Å². The lowest BCUT2D eigenvalue weighted by Gasteiger charge is -2.15. The van der Waals surface area contributed by atoms with Crippen molar-refractivity contribution in [3.8, 4) is 16.9 Å². The number of hydrogen-bond donors (Lipinski definition) is 0. The number of halogens is 1. The van der Waals surface area contributed by atoms with E-state index in [2.05, 4.69) is 51.2 Å². The van der Waals surface area contributed by atoms with E-state index in [-0.39, 0.29) is 0 Å². The number of hydrogen-bond acceptors (Lipinski definition) is 2. The van der Waals surface area contributed by atoms with Crippen molar-refractivity contribution in [2.24, 2.45) is 0 Å². The molecule has 0 fully saturated rings. The third-order valence-electron chi connectivity index (χ3n) is 2.84. The first-order valence-electron chi connectivity index (χ1n) is 5.73.